The number of hydrogen-bond donors (Lipinski definition) is 3. The van der Waals surface area contributed by atoms with E-state index in [0.29, 0.717) is 29.3 Å². The van der Waals surface area contributed by atoms with E-state index in [1.54, 1.807) is 17.0 Å². The van der Waals surface area contributed by atoms with Crippen molar-refractivity contribution in [2.45, 2.75) is 24.1 Å². The maximum absolute atomic E-state index is 13.3. The predicted molar refractivity (Wildman–Crippen MR) is 92.6 cm³/mol. The first-order valence-electron chi connectivity index (χ1n) is 7.77. The fourth-order valence-electron chi connectivity index (χ4n) is 2.83. The fourth-order valence-corrected chi connectivity index (χ4v) is 4.11. The third-order valence-electron chi connectivity index (χ3n) is 4.11. The topological polar surface area (TPSA) is 96.1 Å². The first-order valence-corrected chi connectivity index (χ1v) is 8.82. The number of nitrogens with zero attached hydrogens (tertiary/aromatic N) is 4. The van der Waals surface area contributed by atoms with Crippen molar-refractivity contribution >= 4 is 28.7 Å². The third kappa shape index (κ3) is 3.06. The summed E-state index contributed by atoms with van der Waals surface area (Å²) in [6.45, 7) is 0.399. The number of anilines is 1. The van der Waals surface area contributed by atoms with Gasteiger partial charge in [-0.3, -0.25) is 4.57 Å². The lowest BCUT2D eigenvalue weighted by atomic mass is 10.2. The molecule has 0 aliphatic carbocycles. The van der Waals surface area contributed by atoms with Crippen LogP contribution >= 0.6 is 11.8 Å². The van der Waals surface area contributed by atoms with E-state index < -0.39 is 12.2 Å². The second-order valence-electron chi connectivity index (χ2n) is 5.81. The molecule has 0 radical (unpaired) electrons. The molecule has 3 atom stereocenters. The number of imidazole rings is 1. The summed E-state index contributed by atoms with van der Waals surface area (Å²) in [4.78, 5) is 12.8. The Hall–Kier alpha value is -2.23. The van der Waals surface area contributed by atoms with Gasteiger partial charge in [-0.05, 0) is 17.7 Å². The van der Waals surface area contributed by atoms with Gasteiger partial charge in [0.15, 0.2) is 11.5 Å². The zero-order valence-electron chi connectivity index (χ0n) is 13.1. The molecule has 130 valence electrons. The minimum atomic E-state index is -0.874. The van der Waals surface area contributed by atoms with Gasteiger partial charge in [0, 0.05) is 12.3 Å². The second-order valence-corrected chi connectivity index (χ2v) is 6.96. The molecule has 1 aromatic carbocycles. The normalized spacial score (nSPS) is 23.2. The lowest BCUT2D eigenvalue weighted by molar-refractivity contribution is 0.0313. The Balaban J connectivity index is 1.61. The number of rotatable bonds is 4. The summed E-state index contributed by atoms with van der Waals surface area (Å²) in [5, 5.41) is 22.7. The molecular formula is C16H16FN5O2S. The molecule has 1 aliphatic heterocycles. The smallest absolute Gasteiger partial charge is 0.166 e. The van der Waals surface area contributed by atoms with Crippen LogP contribution in [0.15, 0.2) is 36.9 Å². The molecule has 25 heavy (non-hydrogen) atoms. The first kappa shape index (κ1) is 16.2. The van der Waals surface area contributed by atoms with Crippen LogP contribution in [0, 0.1) is 5.82 Å². The number of fused-ring (bicyclic) bond motifs is 1. The largest absolute Gasteiger partial charge is 0.389 e. The van der Waals surface area contributed by atoms with Gasteiger partial charge >= 0.3 is 0 Å². The van der Waals surface area contributed by atoms with Crippen LogP contribution in [0.4, 0.5) is 10.2 Å². The van der Waals surface area contributed by atoms with Gasteiger partial charge in [-0.1, -0.05) is 12.1 Å². The van der Waals surface area contributed by atoms with Gasteiger partial charge in [-0.15, -0.1) is 11.8 Å². The Bertz CT molecular complexity index is 905. The Morgan fingerprint density at radius 2 is 2.16 bits per heavy atom. The van der Waals surface area contributed by atoms with Crippen molar-refractivity contribution in [3.8, 4) is 0 Å². The summed E-state index contributed by atoms with van der Waals surface area (Å²) in [5.41, 5.74) is 1.92. The van der Waals surface area contributed by atoms with E-state index in [-0.39, 0.29) is 11.2 Å². The molecule has 3 aromatic rings. The highest BCUT2D eigenvalue weighted by molar-refractivity contribution is 7.99. The van der Waals surface area contributed by atoms with E-state index in [9.17, 15) is 14.6 Å². The molecule has 1 aliphatic rings. The van der Waals surface area contributed by atoms with E-state index >= 15 is 0 Å². The monoisotopic (exact) mass is 361 g/mol. The van der Waals surface area contributed by atoms with Gasteiger partial charge in [-0.25, -0.2) is 19.3 Å². The van der Waals surface area contributed by atoms with Crippen molar-refractivity contribution in [3.63, 3.8) is 0 Å². The van der Waals surface area contributed by atoms with Crippen molar-refractivity contribution in [2.24, 2.45) is 0 Å². The minimum Gasteiger partial charge on any atom is -0.389 e. The third-order valence-corrected chi connectivity index (χ3v) is 5.49. The van der Waals surface area contributed by atoms with Crippen LogP contribution in [0.1, 0.15) is 10.9 Å². The molecule has 7 nitrogen and oxygen atoms in total. The molecule has 0 spiro atoms. The summed E-state index contributed by atoms with van der Waals surface area (Å²) >= 11 is 1.45. The minimum absolute atomic E-state index is 0.290. The highest BCUT2D eigenvalue weighted by Gasteiger charge is 2.36. The van der Waals surface area contributed by atoms with E-state index in [0.717, 1.165) is 5.56 Å². The number of hydrogen-bond acceptors (Lipinski definition) is 7. The van der Waals surface area contributed by atoms with E-state index in [2.05, 4.69) is 20.3 Å². The lowest BCUT2D eigenvalue weighted by Gasteiger charge is -2.17. The van der Waals surface area contributed by atoms with Crippen LogP contribution in [-0.4, -0.2) is 47.7 Å². The first-order chi connectivity index (χ1) is 12.1. The number of halogens is 1. The number of aliphatic hydroxyl groups is 2. The van der Waals surface area contributed by atoms with E-state index in [1.165, 1.54) is 30.2 Å². The van der Waals surface area contributed by atoms with Crippen LogP contribution < -0.4 is 5.32 Å². The zero-order chi connectivity index (χ0) is 17.4. The highest BCUT2D eigenvalue weighted by Crippen LogP contribution is 2.38. The molecule has 0 bridgehead atoms. The number of aromatic nitrogens is 4. The molecule has 3 N–H and O–H groups in total. The maximum atomic E-state index is 13.3. The molecule has 9 heteroatoms. The molecule has 2 aromatic heterocycles. The van der Waals surface area contributed by atoms with Crippen LogP contribution in [0.25, 0.3) is 11.2 Å². The Kier molecular flexibility index (Phi) is 4.28. The van der Waals surface area contributed by atoms with Crippen LogP contribution in [0.2, 0.25) is 0 Å². The Morgan fingerprint density at radius 3 is 2.92 bits per heavy atom. The maximum Gasteiger partial charge on any atom is 0.166 e. The van der Waals surface area contributed by atoms with Crippen LogP contribution in [0.5, 0.6) is 0 Å². The summed E-state index contributed by atoms with van der Waals surface area (Å²) in [5.74, 6) is 0.703. The van der Waals surface area contributed by atoms with Crippen LogP contribution in [0.3, 0.4) is 0 Å². The molecular weight excluding hydrogens is 345 g/mol. The zero-order valence-corrected chi connectivity index (χ0v) is 13.9. The summed E-state index contributed by atoms with van der Waals surface area (Å²) in [6, 6.07) is 6.32. The highest BCUT2D eigenvalue weighted by atomic mass is 32.2. The molecule has 1 fully saturated rings. The van der Waals surface area contributed by atoms with Gasteiger partial charge in [0.1, 0.15) is 29.1 Å². The van der Waals surface area contributed by atoms with Gasteiger partial charge in [0.05, 0.1) is 12.4 Å². The molecule has 0 unspecified atom stereocenters. The SMILES string of the molecule is O[C@@H]1[C@H](n2cnc3c(NCc4cccc(F)c4)ncnc32)SC[C@@H]1O. The number of nitrogens with one attached hydrogen (secondary N) is 1. The van der Waals surface area contributed by atoms with Crippen molar-refractivity contribution in [1.29, 1.82) is 0 Å². The average Bonchev–Trinajstić information content (AvgIpc) is 3.17. The molecule has 1 saturated heterocycles. The molecule has 3 heterocycles. The summed E-state index contributed by atoms with van der Waals surface area (Å²) < 4.78 is 15.0. The van der Waals surface area contributed by atoms with Crippen molar-refractivity contribution < 1.29 is 14.6 Å². The molecule has 4 rings (SSSR count). The van der Waals surface area contributed by atoms with E-state index in [4.69, 9.17) is 0 Å². The van der Waals surface area contributed by atoms with Gasteiger partial charge in [-0.2, -0.15) is 0 Å². The van der Waals surface area contributed by atoms with Gasteiger partial charge in [0.2, 0.25) is 0 Å². The standard InChI is InChI=1S/C16H16FN5O2S/c17-10-3-1-2-9(4-10)5-18-14-12-15(20-7-19-14)22(8-21-12)16-13(24)11(23)6-25-16/h1-4,7-8,11,13,16,23-24H,5-6H2,(H,18,19,20)/t11-,13-,16+/m0/s1. The number of thioether (sulfide) groups is 1. The van der Waals surface area contributed by atoms with Crippen LogP contribution in [-0.2, 0) is 6.54 Å². The number of benzene rings is 1. The summed E-state index contributed by atoms with van der Waals surface area (Å²) in [7, 11) is 0. The quantitative estimate of drug-likeness (QED) is 0.649. The van der Waals surface area contributed by atoms with Crippen molar-refractivity contribution in [3.05, 3.63) is 48.3 Å². The Labute approximate surface area is 146 Å². The van der Waals surface area contributed by atoms with E-state index in [1.807, 2.05) is 6.07 Å². The van der Waals surface area contributed by atoms with Gasteiger partial charge in [0.25, 0.3) is 0 Å². The summed E-state index contributed by atoms with van der Waals surface area (Å²) in [6.07, 6.45) is 1.36. The number of aliphatic hydroxyl groups excluding tert-OH is 2. The lowest BCUT2D eigenvalue weighted by Crippen LogP contribution is -2.27. The van der Waals surface area contributed by atoms with Crippen molar-refractivity contribution in [2.75, 3.05) is 11.1 Å². The van der Waals surface area contributed by atoms with Gasteiger partial charge < -0.3 is 15.5 Å². The predicted octanol–water partition coefficient (Wildman–Crippen LogP) is 1.54. The average molecular weight is 361 g/mol. The molecule has 0 saturated carbocycles. The fraction of sp³-hybridized carbons (Fsp3) is 0.312. The second kappa shape index (κ2) is 6.58. The molecule has 0 amide bonds. The Morgan fingerprint density at radius 1 is 1.28 bits per heavy atom. The van der Waals surface area contributed by atoms with Crippen molar-refractivity contribution in [1.82, 2.24) is 19.5 Å².